The molecule has 1 aromatic heterocycles. The molecule has 2 saturated heterocycles. The van der Waals surface area contributed by atoms with Crippen LogP contribution in [-0.4, -0.2) is 42.1 Å². The molecule has 23 heavy (non-hydrogen) atoms. The van der Waals surface area contributed by atoms with E-state index in [4.69, 9.17) is 11.6 Å². The van der Waals surface area contributed by atoms with Crippen LogP contribution in [0.2, 0.25) is 5.02 Å². The Balaban J connectivity index is 1.47. The first-order valence-electron chi connectivity index (χ1n) is 8.64. The van der Waals surface area contributed by atoms with Gasteiger partial charge in [0, 0.05) is 32.2 Å². The third kappa shape index (κ3) is 2.42. The van der Waals surface area contributed by atoms with Gasteiger partial charge in [0.15, 0.2) is 0 Å². The van der Waals surface area contributed by atoms with Crippen molar-refractivity contribution in [2.45, 2.75) is 39.2 Å². The second kappa shape index (κ2) is 5.65. The van der Waals surface area contributed by atoms with Crippen LogP contribution in [0.3, 0.4) is 0 Å². The zero-order valence-electron chi connectivity index (χ0n) is 13.8. The van der Waals surface area contributed by atoms with Crippen molar-refractivity contribution in [1.29, 1.82) is 5.26 Å². The Bertz CT molecular complexity index is 663. The number of likely N-dealkylation sites (tertiary alicyclic amines) is 1. The molecule has 0 bridgehead atoms. The fourth-order valence-electron chi connectivity index (χ4n) is 4.60. The smallest absolute Gasteiger partial charge is 0.147 e. The molecule has 5 heteroatoms. The van der Waals surface area contributed by atoms with Crippen molar-refractivity contribution in [3.63, 3.8) is 0 Å². The monoisotopic (exact) mass is 330 g/mol. The van der Waals surface area contributed by atoms with E-state index in [1.54, 1.807) is 0 Å². The lowest BCUT2D eigenvalue weighted by Gasteiger charge is -2.45. The van der Waals surface area contributed by atoms with Crippen molar-refractivity contribution >= 4 is 17.4 Å². The predicted octanol–water partition coefficient (Wildman–Crippen LogP) is 3.14. The minimum Gasteiger partial charge on any atom is -0.352 e. The molecule has 1 aliphatic carbocycles. The highest BCUT2D eigenvalue weighted by molar-refractivity contribution is 6.32. The van der Waals surface area contributed by atoms with Crippen LogP contribution in [0.4, 0.5) is 5.82 Å². The third-order valence-electron chi connectivity index (χ3n) is 6.06. The van der Waals surface area contributed by atoms with E-state index in [9.17, 15) is 5.26 Å². The van der Waals surface area contributed by atoms with Crippen molar-refractivity contribution in [3.8, 4) is 6.07 Å². The van der Waals surface area contributed by atoms with E-state index < -0.39 is 0 Å². The summed E-state index contributed by atoms with van der Waals surface area (Å²) < 4.78 is 0. The highest BCUT2D eigenvalue weighted by atomic mass is 35.5. The SMILES string of the molecule is Cc1nc(N2CC(N3CC4CCCC4C3)C2)c(C#N)c(C)c1Cl. The number of aryl methyl sites for hydroxylation is 1. The summed E-state index contributed by atoms with van der Waals surface area (Å²) in [6.45, 7) is 8.36. The lowest BCUT2D eigenvalue weighted by Crippen LogP contribution is -2.59. The molecular formula is C18H23ClN4. The molecule has 2 atom stereocenters. The summed E-state index contributed by atoms with van der Waals surface area (Å²) in [5.74, 6) is 2.70. The average molecular weight is 331 g/mol. The number of nitriles is 1. The van der Waals surface area contributed by atoms with Crippen LogP contribution in [0.15, 0.2) is 0 Å². The van der Waals surface area contributed by atoms with Gasteiger partial charge in [-0.1, -0.05) is 18.0 Å². The van der Waals surface area contributed by atoms with Gasteiger partial charge in [-0.05, 0) is 44.1 Å². The van der Waals surface area contributed by atoms with Crippen LogP contribution in [-0.2, 0) is 0 Å². The van der Waals surface area contributed by atoms with Crippen LogP contribution in [0.25, 0.3) is 0 Å². The standard InChI is InChI=1S/C18H23ClN4/c1-11-16(6-20)18(21-12(2)17(11)19)23-9-15(10-23)22-7-13-4-3-5-14(13)8-22/h13-15H,3-5,7-10H2,1-2H3. The van der Waals surface area contributed by atoms with E-state index >= 15 is 0 Å². The minimum absolute atomic E-state index is 0.620. The molecule has 0 amide bonds. The number of hydrogen-bond donors (Lipinski definition) is 0. The summed E-state index contributed by atoms with van der Waals surface area (Å²) in [6.07, 6.45) is 4.28. The summed E-state index contributed by atoms with van der Waals surface area (Å²) >= 11 is 6.25. The molecule has 0 radical (unpaired) electrons. The average Bonchev–Trinajstić information content (AvgIpc) is 3.05. The molecule has 122 valence electrons. The van der Waals surface area contributed by atoms with Gasteiger partial charge in [-0.15, -0.1) is 0 Å². The van der Waals surface area contributed by atoms with Gasteiger partial charge >= 0.3 is 0 Å². The van der Waals surface area contributed by atoms with Gasteiger partial charge in [0.2, 0.25) is 0 Å². The number of anilines is 1. The van der Waals surface area contributed by atoms with E-state index in [0.717, 1.165) is 42.0 Å². The van der Waals surface area contributed by atoms with E-state index in [-0.39, 0.29) is 0 Å². The maximum atomic E-state index is 9.48. The molecule has 3 aliphatic rings. The molecule has 4 nitrogen and oxygen atoms in total. The number of halogens is 1. The maximum absolute atomic E-state index is 9.48. The number of rotatable bonds is 2. The molecule has 1 aromatic rings. The number of nitrogens with zero attached hydrogens (tertiary/aromatic N) is 4. The second-order valence-corrected chi connectivity index (χ2v) is 7.79. The Labute approximate surface area is 143 Å². The molecule has 3 fully saturated rings. The van der Waals surface area contributed by atoms with Crippen LogP contribution < -0.4 is 4.90 Å². The summed E-state index contributed by atoms with van der Waals surface area (Å²) in [6, 6.07) is 2.93. The van der Waals surface area contributed by atoms with E-state index in [1.807, 2.05) is 13.8 Å². The van der Waals surface area contributed by atoms with Gasteiger partial charge in [-0.2, -0.15) is 5.26 Å². The van der Waals surface area contributed by atoms with Gasteiger partial charge in [0.25, 0.3) is 0 Å². The summed E-state index contributed by atoms with van der Waals surface area (Å²) in [4.78, 5) is 9.51. The topological polar surface area (TPSA) is 43.2 Å². The quantitative estimate of drug-likeness (QED) is 0.835. The molecule has 3 heterocycles. The minimum atomic E-state index is 0.620. The molecule has 4 rings (SSSR count). The first kappa shape index (κ1) is 15.2. The molecule has 2 aliphatic heterocycles. The van der Waals surface area contributed by atoms with E-state index in [1.165, 1.54) is 32.4 Å². The summed E-state index contributed by atoms with van der Waals surface area (Å²) in [5, 5.41) is 10.1. The van der Waals surface area contributed by atoms with E-state index in [0.29, 0.717) is 16.6 Å². The molecular weight excluding hydrogens is 308 g/mol. The van der Waals surface area contributed by atoms with Gasteiger partial charge in [0.05, 0.1) is 16.3 Å². The van der Waals surface area contributed by atoms with Gasteiger partial charge in [0.1, 0.15) is 11.9 Å². The second-order valence-electron chi connectivity index (χ2n) is 7.41. The van der Waals surface area contributed by atoms with Crippen molar-refractivity contribution in [2.75, 3.05) is 31.1 Å². The Morgan fingerprint density at radius 1 is 1.13 bits per heavy atom. The van der Waals surface area contributed by atoms with Crippen molar-refractivity contribution < 1.29 is 0 Å². The van der Waals surface area contributed by atoms with Crippen LogP contribution in [0.5, 0.6) is 0 Å². The zero-order valence-corrected chi connectivity index (χ0v) is 14.6. The third-order valence-corrected chi connectivity index (χ3v) is 6.62. The molecule has 0 aromatic carbocycles. The number of aromatic nitrogens is 1. The maximum Gasteiger partial charge on any atom is 0.147 e. The fraction of sp³-hybridized carbons (Fsp3) is 0.667. The van der Waals surface area contributed by atoms with Gasteiger partial charge in [-0.25, -0.2) is 4.98 Å². The highest BCUT2D eigenvalue weighted by Crippen LogP contribution is 2.40. The Morgan fingerprint density at radius 2 is 1.78 bits per heavy atom. The van der Waals surface area contributed by atoms with Crippen LogP contribution in [0, 0.1) is 37.0 Å². The van der Waals surface area contributed by atoms with Crippen molar-refractivity contribution in [3.05, 3.63) is 21.8 Å². The van der Waals surface area contributed by atoms with E-state index in [2.05, 4.69) is 20.9 Å². The Hall–Kier alpha value is -1.31. The van der Waals surface area contributed by atoms with Crippen molar-refractivity contribution in [2.24, 2.45) is 11.8 Å². The summed E-state index contributed by atoms with van der Waals surface area (Å²) in [5.41, 5.74) is 2.31. The molecule has 1 saturated carbocycles. The van der Waals surface area contributed by atoms with Gasteiger partial charge in [-0.3, -0.25) is 4.90 Å². The zero-order chi connectivity index (χ0) is 16.1. The molecule has 0 spiro atoms. The highest BCUT2D eigenvalue weighted by Gasteiger charge is 2.42. The summed E-state index contributed by atoms with van der Waals surface area (Å²) in [7, 11) is 0. The van der Waals surface area contributed by atoms with Crippen LogP contribution >= 0.6 is 11.6 Å². The van der Waals surface area contributed by atoms with Crippen LogP contribution in [0.1, 0.15) is 36.1 Å². The molecule has 0 N–H and O–H groups in total. The molecule has 2 unspecified atom stereocenters. The number of fused-ring (bicyclic) bond motifs is 1. The predicted molar refractivity (Wildman–Crippen MR) is 91.8 cm³/mol. The Kier molecular flexibility index (Phi) is 3.74. The van der Waals surface area contributed by atoms with Gasteiger partial charge < -0.3 is 4.90 Å². The lowest BCUT2D eigenvalue weighted by atomic mass is 10.0. The fourth-order valence-corrected chi connectivity index (χ4v) is 4.74. The first-order chi connectivity index (χ1) is 11.1. The number of pyridine rings is 1. The number of hydrogen-bond acceptors (Lipinski definition) is 4. The largest absolute Gasteiger partial charge is 0.352 e. The normalized spacial score (nSPS) is 27.8. The lowest BCUT2D eigenvalue weighted by molar-refractivity contribution is 0.190. The Morgan fingerprint density at radius 3 is 2.39 bits per heavy atom. The van der Waals surface area contributed by atoms with Crippen molar-refractivity contribution in [1.82, 2.24) is 9.88 Å². The first-order valence-corrected chi connectivity index (χ1v) is 9.02.